The largest absolute Gasteiger partial charge is 0.436 e. The van der Waals surface area contributed by atoms with Gasteiger partial charge in [-0.3, -0.25) is 0 Å². The molecule has 0 bridgehead atoms. The highest BCUT2D eigenvalue weighted by Gasteiger charge is 2.18. The Morgan fingerprint density at radius 2 is 1.27 bits per heavy atom. The summed E-state index contributed by atoms with van der Waals surface area (Å²) in [6, 6.07) is 38.3. The second kappa shape index (κ2) is 8.44. The summed E-state index contributed by atoms with van der Waals surface area (Å²) in [7, 11) is 0. The van der Waals surface area contributed by atoms with E-state index in [1.165, 1.54) is 0 Å². The van der Waals surface area contributed by atoms with Crippen LogP contribution < -0.4 is 0 Å². The van der Waals surface area contributed by atoms with Gasteiger partial charge in [-0.25, -0.2) is 14.8 Å². The monoisotopic (exact) mass is 473 g/mol. The van der Waals surface area contributed by atoms with E-state index in [0.717, 1.165) is 60.7 Å². The van der Waals surface area contributed by atoms with Crippen molar-refractivity contribution < 1.29 is 4.42 Å². The van der Waals surface area contributed by atoms with Crippen LogP contribution in [0.1, 0.15) is 0 Å². The standard InChI is InChI=1S/C33H19N3O/c1-34-25-15-12-21(13-16-25)24-14-17-26-28(20-24)35-31(22-8-4-2-5-9-22)27-18-19-29-32(30(26)27)36-33(37-29)23-10-6-3-7-11-23/h2-20H. The molecule has 0 saturated carbocycles. The number of nitrogens with zero attached hydrogens (tertiary/aromatic N) is 3. The fraction of sp³-hybridized carbons (Fsp3) is 0. The highest BCUT2D eigenvalue weighted by atomic mass is 16.3. The van der Waals surface area contributed by atoms with Crippen LogP contribution in [-0.4, -0.2) is 9.97 Å². The van der Waals surface area contributed by atoms with Gasteiger partial charge in [0.1, 0.15) is 5.52 Å². The van der Waals surface area contributed by atoms with Crippen molar-refractivity contribution in [1.82, 2.24) is 9.97 Å². The molecule has 37 heavy (non-hydrogen) atoms. The Kier molecular flexibility index (Phi) is 4.80. The number of benzene rings is 5. The lowest BCUT2D eigenvalue weighted by molar-refractivity contribution is 0.620. The summed E-state index contributed by atoms with van der Waals surface area (Å²) in [6.07, 6.45) is 0. The predicted molar refractivity (Wildman–Crippen MR) is 149 cm³/mol. The molecular formula is C33H19N3O. The summed E-state index contributed by atoms with van der Waals surface area (Å²) < 4.78 is 6.22. The highest BCUT2D eigenvalue weighted by molar-refractivity contribution is 6.21. The van der Waals surface area contributed by atoms with Gasteiger partial charge in [0.25, 0.3) is 0 Å². The fourth-order valence-electron chi connectivity index (χ4n) is 4.91. The maximum atomic E-state index is 7.23. The van der Waals surface area contributed by atoms with Crippen molar-refractivity contribution in [3.63, 3.8) is 0 Å². The van der Waals surface area contributed by atoms with E-state index in [1.807, 2.05) is 78.9 Å². The van der Waals surface area contributed by atoms with Crippen molar-refractivity contribution in [2.45, 2.75) is 0 Å². The molecule has 0 unspecified atom stereocenters. The molecule has 5 aromatic carbocycles. The minimum atomic E-state index is 0.603. The maximum absolute atomic E-state index is 7.23. The number of fused-ring (bicyclic) bond motifs is 5. The van der Waals surface area contributed by atoms with Gasteiger partial charge in [-0.1, -0.05) is 84.9 Å². The highest BCUT2D eigenvalue weighted by Crippen LogP contribution is 2.39. The third-order valence-corrected chi connectivity index (χ3v) is 6.71. The van der Waals surface area contributed by atoms with Crippen LogP contribution in [-0.2, 0) is 0 Å². The third-order valence-electron chi connectivity index (χ3n) is 6.71. The molecule has 7 rings (SSSR count). The Morgan fingerprint density at radius 1 is 0.595 bits per heavy atom. The second-order valence-corrected chi connectivity index (χ2v) is 8.94. The molecule has 2 aromatic heterocycles. The molecule has 4 heteroatoms. The molecule has 7 aromatic rings. The summed E-state index contributed by atoms with van der Waals surface area (Å²) >= 11 is 0. The minimum absolute atomic E-state index is 0.603. The number of rotatable bonds is 3. The molecule has 0 amide bonds. The molecular weight excluding hydrogens is 454 g/mol. The summed E-state index contributed by atoms with van der Waals surface area (Å²) in [5.74, 6) is 0.603. The zero-order valence-corrected chi connectivity index (χ0v) is 19.7. The van der Waals surface area contributed by atoms with E-state index >= 15 is 0 Å². The number of pyridine rings is 1. The van der Waals surface area contributed by atoms with Gasteiger partial charge in [-0.05, 0) is 41.5 Å². The summed E-state index contributed by atoms with van der Waals surface area (Å²) in [6.45, 7) is 7.23. The van der Waals surface area contributed by atoms with Crippen molar-refractivity contribution >= 4 is 38.5 Å². The molecule has 0 atom stereocenters. The van der Waals surface area contributed by atoms with E-state index in [0.29, 0.717) is 11.6 Å². The van der Waals surface area contributed by atoms with Crippen LogP contribution in [0, 0.1) is 6.57 Å². The van der Waals surface area contributed by atoms with Crippen LogP contribution in [0.15, 0.2) is 120 Å². The lowest BCUT2D eigenvalue weighted by Gasteiger charge is -2.12. The normalized spacial score (nSPS) is 11.2. The molecule has 0 spiro atoms. The number of hydrogen-bond acceptors (Lipinski definition) is 3. The van der Waals surface area contributed by atoms with Gasteiger partial charge in [-0.2, -0.15) is 0 Å². The maximum Gasteiger partial charge on any atom is 0.227 e. The van der Waals surface area contributed by atoms with Gasteiger partial charge in [0, 0.05) is 27.3 Å². The fourth-order valence-corrected chi connectivity index (χ4v) is 4.91. The van der Waals surface area contributed by atoms with E-state index in [-0.39, 0.29) is 0 Å². The van der Waals surface area contributed by atoms with Crippen LogP contribution in [0.4, 0.5) is 5.69 Å². The summed E-state index contributed by atoms with van der Waals surface area (Å²) in [4.78, 5) is 13.6. The van der Waals surface area contributed by atoms with E-state index in [1.54, 1.807) is 0 Å². The quantitative estimate of drug-likeness (QED) is 0.190. The van der Waals surface area contributed by atoms with Gasteiger partial charge >= 0.3 is 0 Å². The topological polar surface area (TPSA) is 43.3 Å². The molecule has 0 aliphatic heterocycles. The molecule has 4 nitrogen and oxygen atoms in total. The lowest BCUT2D eigenvalue weighted by atomic mass is 9.97. The smallest absolute Gasteiger partial charge is 0.227 e. The van der Waals surface area contributed by atoms with E-state index in [9.17, 15) is 0 Å². The average Bonchev–Trinajstić information content (AvgIpc) is 3.42. The summed E-state index contributed by atoms with van der Waals surface area (Å²) in [5, 5.41) is 3.09. The molecule has 0 aliphatic carbocycles. The minimum Gasteiger partial charge on any atom is -0.436 e. The Labute approximate surface area is 213 Å². The van der Waals surface area contributed by atoms with Crippen LogP contribution in [0.25, 0.3) is 71.5 Å². The van der Waals surface area contributed by atoms with E-state index in [4.69, 9.17) is 21.0 Å². The molecule has 0 fully saturated rings. The first-order valence-electron chi connectivity index (χ1n) is 12.0. The third kappa shape index (κ3) is 3.53. The Morgan fingerprint density at radius 3 is 2.00 bits per heavy atom. The Balaban J connectivity index is 1.54. The number of oxazole rings is 1. The lowest BCUT2D eigenvalue weighted by Crippen LogP contribution is -1.91. The Bertz CT molecular complexity index is 1970. The SMILES string of the molecule is [C-]#[N+]c1ccc(-c2ccc3c(c2)nc(-c2ccccc2)c2ccc4oc(-c5ccccc5)nc4c23)cc1. The van der Waals surface area contributed by atoms with Gasteiger partial charge in [-0.15, -0.1) is 0 Å². The zero-order valence-electron chi connectivity index (χ0n) is 19.7. The van der Waals surface area contributed by atoms with Crippen LogP contribution in [0.2, 0.25) is 0 Å². The molecule has 172 valence electrons. The van der Waals surface area contributed by atoms with Crippen LogP contribution in [0.5, 0.6) is 0 Å². The molecule has 2 heterocycles. The average molecular weight is 474 g/mol. The van der Waals surface area contributed by atoms with Gasteiger partial charge in [0.2, 0.25) is 5.89 Å². The predicted octanol–water partition coefficient (Wildman–Crippen LogP) is 9.08. The van der Waals surface area contributed by atoms with Crippen molar-refractivity contribution in [2.75, 3.05) is 0 Å². The first-order valence-corrected chi connectivity index (χ1v) is 12.0. The van der Waals surface area contributed by atoms with Crippen LogP contribution in [0.3, 0.4) is 0 Å². The van der Waals surface area contributed by atoms with Crippen molar-refractivity contribution in [3.05, 3.63) is 127 Å². The van der Waals surface area contributed by atoms with Crippen molar-refractivity contribution in [1.29, 1.82) is 0 Å². The molecule has 0 radical (unpaired) electrons. The second-order valence-electron chi connectivity index (χ2n) is 8.94. The number of aromatic nitrogens is 2. The van der Waals surface area contributed by atoms with E-state index < -0.39 is 0 Å². The van der Waals surface area contributed by atoms with E-state index in [2.05, 4.69) is 41.2 Å². The zero-order chi connectivity index (χ0) is 24.8. The first-order chi connectivity index (χ1) is 18.3. The molecule has 0 aliphatic rings. The van der Waals surface area contributed by atoms with Crippen LogP contribution >= 0.6 is 0 Å². The van der Waals surface area contributed by atoms with Gasteiger partial charge < -0.3 is 4.42 Å². The Hall–Kier alpha value is -5.27. The van der Waals surface area contributed by atoms with Crippen molar-refractivity contribution in [2.24, 2.45) is 0 Å². The summed E-state index contributed by atoms with van der Waals surface area (Å²) in [5.41, 5.74) is 8.08. The van der Waals surface area contributed by atoms with Gasteiger partial charge in [0.05, 0.1) is 17.8 Å². The van der Waals surface area contributed by atoms with Gasteiger partial charge in [0.15, 0.2) is 11.3 Å². The number of hydrogen-bond donors (Lipinski definition) is 0. The first kappa shape index (κ1) is 21.0. The molecule has 0 N–H and O–H groups in total. The van der Waals surface area contributed by atoms with Crippen molar-refractivity contribution in [3.8, 4) is 33.8 Å². The molecule has 0 saturated heterocycles.